The number of rotatable bonds is 5. The van der Waals surface area contributed by atoms with Gasteiger partial charge in [-0.1, -0.05) is 23.7 Å². The molecular formula is C16H18ClN3O2. The molecule has 1 fully saturated rings. The summed E-state index contributed by atoms with van der Waals surface area (Å²) in [5.74, 6) is 0. The van der Waals surface area contributed by atoms with Gasteiger partial charge in [0, 0.05) is 47.5 Å². The molecule has 0 radical (unpaired) electrons. The number of morpholine rings is 1. The Labute approximate surface area is 134 Å². The van der Waals surface area contributed by atoms with E-state index in [4.69, 9.17) is 16.3 Å². The van der Waals surface area contributed by atoms with Crippen LogP contribution in [0.3, 0.4) is 0 Å². The maximum Gasteiger partial charge on any atom is 0.150 e. The third kappa shape index (κ3) is 3.55. The van der Waals surface area contributed by atoms with Crippen LogP contribution in [0.2, 0.25) is 5.02 Å². The number of nitrogens with zero attached hydrogens (tertiary/aromatic N) is 3. The fourth-order valence-corrected chi connectivity index (χ4v) is 2.83. The molecule has 1 aliphatic rings. The standard InChI is InChI=1S/C16H18ClN3O2/c17-16-9-13(12-21)1-2-15(16)14-10-18-20(11-14)4-3-19-5-7-22-8-6-19/h1-2,9-12H,3-8H2. The number of ether oxygens (including phenoxy) is 1. The Hall–Kier alpha value is -1.69. The fraction of sp³-hybridized carbons (Fsp3) is 0.375. The second kappa shape index (κ2) is 7.05. The van der Waals surface area contributed by atoms with Gasteiger partial charge >= 0.3 is 0 Å². The Morgan fingerprint density at radius 1 is 1.27 bits per heavy atom. The second-order valence-corrected chi connectivity index (χ2v) is 5.71. The first-order chi connectivity index (χ1) is 10.8. The van der Waals surface area contributed by atoms with Crippen LogP contribution in [0.1, 0.15) is 10.4 Å². The van der Waals surface area contributed by atoms with Crippen molar-refractivity contribution in [3.63, 3.8) is 0 Å². The molecule has 6 heteroatoms. The van der Waals surface area contributed by atoms with Crippen LogP contribution >= 0.6 is 11.6 Å². The van der Waals surface area contributed by atoms with Crippen LogP contribution in [-0.2, 0) is 11.3 Å². The van der Waals surface area contributed by atoms with Gasteiger partial charge in [0.1, 0.15) is 6.29 Å². The average Bonchev–Trinajstić information content (AvgIpc) is 3.02. The first-order valence-corrected chi connectivity index (χ1v) is 7.72. The number of hydrogen-bond acceptors (Lipinski definition) is 4. The molecular weight excluding hydrogens is 302 g/mol. The van der Waals surface area contributed by atoms with Crippen LogP contribution in [0.4, 0.5) is 0 Å². The molecule has 1 aliphatic heterocycles. The molecule has 0 amide bonds. The minimum Gasteiger partial charge on any atom is -0.379 e. The molecule has 5 nitrogen and oxygen atoms in total. The van der Waals surface area contributed by atoms with Gasteiger partial charge in [-0.05, 0) is 6.07 Å². The van der Waals surface area contributed by atoms with Gasteiger partial charge in [-0.3, -0.25) is 14.4 Å². The maximum absolute atomic E-state index is 10.8. The van der Waals surface area contributed by atoms with Crippen molar-refractivity contribution in [1.82, 2.24) is 14.7 Å². The lowest BCUT2D eigenvalue weighted by Crippen LogP contribution is -2.38. The lowest BCUT2D eigenvalue weighted by atomic mass is 10.1. The number of hydrogen-bond donors (Lipinski definition) is 0. The molecule has 0 saturated carbocycles. The summed E-state index contributed by atoms with van der Waals surface area (Å²) in [6.07, 6.45) is 4.59. The van der Waals surface area contributed by atoms with E-state index in [1.165, 1.54) is 0 Å². The number of carbonyl (C=O) groups excluding carboxylic acids is 1. The molecule has 116 valence electrons. The van der Waals surface area contributed by atoms with Crippen molar-refractivity contribution in [3.05, 3.63) is 41.2 Å². The minimum atomic E-state index is 0.567. The summed E-state index contributed by atoms with van der Waals surface area (Å²) < 4.78 is 7.27. The van der Waals surface area contributed by atoms with Crippen molar-refractivity contribution in [3.8, 4) is 11.1 Å². The lowest BCUT2D eigenvalue weighted by Gasteiger charge is -2.26. The highest BCUT2D eigenvalue weighted by Gasteiger charge is 2.11. The largest absolute Gasteiger partial charge is 0.379 e. The summed E-state index contributed by atoms with van der Waals surface area (Å²) in [7, 11) is 0. The van der Waals surface area contributed by atoms with E-state index in [0.29, 0.717) is 10.6 Å². The van der Waals surface area contributed by atoms with Crippen molar-refractivity contribution >= 4 is 17.9 Å². The number of aromatic nitrogens is 2. The zero-order valence-corrected chi connectivity index (χ0v) is 13.0. The van der Waals surface area contributed by atoms with Crippen molar-refractivity contribution in [2.24, 2.45) is 0 Å². The summed E-state index contributed by atoms with van der Waals surface area (Å²) in [5.41, 5.74) is 2.43. The van der Waals surface area contributed by atoms with Crippen molar-refractivity contribution < 1.29 is 9.53 Å². The molecule has 0 aliphatic carbocycles. The Morgan fingerprint density at radius 3 is 2.82 bits per heavy atom. The van der Waals surface area contributed by atoms with Gasteiger partial charge in [0.15, 0.2) is 0 Å². The van der Waals surface area contributed by atoms with E-state index >= 15 is 0 Å². The summed E-state index contributed by atoms with van der Waals surface area (Å²) in [6.45, 7) is 5.37. The number of aldehydes is 1. The Bertz CT molecular complexity index is 651. The van der Waals surface area contributed by atoms with Crippen molar-refractivity contribution in [2.75, 3.05) is 32.8 Å². The smallest absolute Gasteiger partial charge is 0.150 e. The predicted molar refractivity (Wildman–Crippen MR) is 85.3 cm³/mol. The van der Waals surface area contributed by atoms with E-state index in [9.17, 15) is 4.79 Å². The van der Waals surface area contributed by atoms with Gasteiger partial charge in [0.25, 0.3) is 0 Å². The van der Waals surface area contributed by atoms with E-state index in [2.05, 4.69) is 10.00 Å². The molecule has 2 heterocycles. The van der Waals surface area contributed by atoms with Crippen LogP contribution in [0.5, 0.6) is 0 Å². The highest BCUT2D eigenvalue weighted by Crippen LogP contribution is 2.28. The van der Waals surface area contributed by atoms with Gasteiger partial charge in [-0.25, -0.2) is 0 Å². The first-order valence-electron chi connectivity index (χ1n) is 7.34. The molecule has 1 aromatic heterocycles. The van der Waals surface area contributed by atoms with Crippen LogP contribution in [-0.4, -0.2) is 53.8 Å². The molecule has 0 N–H and O–H groups in total. The quantitative estimate of drug-likeness (QED) is 0.794. The average molecular weight is 320 g/mol. The molecule has 1 aromatic carbocycles. The monoisotopic (exact) mass is 319 g/mol. The SMILES string of the molecule is O=Cc1ccc(-c2cnn(CCN3CCOCC3)c2)c(Cl)c1. The zero-order chi connectivity index (χ0) is 15.4. The zero-order valence-electron chi connectivity index (χ0n) is 12.2. The molecule has 1 saturated heterocycles. The summed E-state index contributed by atoms with van der Waals surface area (Å²) in [5, 5.41) is 4.96. The third-order valence-electron chi connectivity index (χ3n) is 3.82. The van der Waals surface area contributed by atoms with Gasteiger partial charge < -0.3 is 4.74 Å². The van der Waals surface area contributed by atoms with E-state index < -0.39 is 0 Å². The maximum atomic E-state index is 10.8. The minimum absolute atomic E-state index is 0.567. The molecule has 2 aromatic rings. The molecule has 0 unspecified atom stereocenters. The summed E-state index contributed by atoms with van der Waals surface area (Å²) in [4.78, 5) is 13.1. The van der Waals surface area contributed by atoms with Crippen LogP contribution < -0.4 is 0 Å². The summed E-state index contributed by atoms with van der Waals surface area (Å²) >= 11 is 6.23. The Kier molecular flexibility index (Phi) is 4.87. The van der Waals surface area contributed by atoms with Crippen LogP contribution in [0.15, 0.2) is 30.6 Å². The van der Waals surface area contributed by atoms with E-state index in [-0.39, 0.29) is 0 Å². The fourth-order valence-electron chi connectivity index (χ4n) is 2.53. The van der Waals surface area contributed by atoms with Crippen molar-refractivity contribution in [1.29, 1.82) is 0 Å². The third-order valence-corrected chi connectivity index (χ3v) is 4.14. The molecule has 3 rings (SSSR count). The number of carbonyl (C=O) groups is 1. The molecule has 0 atom stereocenters. The molecule has 22 heavy (non-hydrogen) atoms. The lowest BCUT2D eigenvalue weighted by molar-refractivity contribution is 0.0360. The van der Waals surface area contributed by atoms with Gasteiger partial charge in [0.2, 0.25) is 0 Å². The number of benzene rings is 1. The molecule has 0 spiro atoms. The predicted octanol–water partition coefficient (Wildman–Crippen LogP) is 2.35. The highest BCUT2D eigenvalue weighted by atomic mass is 35.5. The van der Waals surface area contributed by atoms with Gasteiger partial charge in [0.05, 0.1) is 26.0 Å². The van der Waals surface area contributed by atoms with Gasteiger partial charge in [-0.15, -0.1) is 0 Å². The van der Waals surface area contributed by atoms with Crippen molar-refractivity contribution in [2.45, 2.75) is 6.54 Å². The van der Waals surface area contributed by atoms with Gasteiger partial charge in [-0.2, -0.15) is 5.10 Å². The van der Waals surface area contributed by atoms with Crippen LogP contribution in [0.25, 0.3) is 11.1 Å². The summed E-state index contributed by atoms with van der Waals surface area (Å²) in [6, 6.07) is 5.30. The Balaban J connectivity index is 1.66. The first kappa shape index (κ1) is 15.2. The van der Waals surface area contributed by atoms with E-state index in [1.54, 1.807) is 18.3 Å². The molecule has 0 bridgehead atoms. The second-order valence-electron chi connectivity index (χ2n) is 5.30. The topological polar surface area (TPSA) is 47.4 Å². The number of halogens is 1. The Morgan fingerprint density at radius 2 is 2.09 bits per heavy atom. The van der Waals surface area contributed by atoms with E-state index in [1.807, 2.05) is 16.9 Å². The normalized spacial score (nSPS) is 15.9. The van der Waals surface area contributed by atoms with E-state index in [0.717, 1.165) is 56.8 Å². The highest BCUT2D eigenvalue weighted by molar-refractivity contribution is 6.33. The van der Waals surface area contributed by atoms with Crippen LogP contribution in [0, 0.1) is 0 Å².